The number of anilines is 1. The summed E-state index contributed by atoms with van der Waals surface area (Å²) in [6, 6.07) is 5.63. The molecule has 2 fully saturated rings. The van der Waals surface area contributed by atoms with E-state index in [9.17, 15) is 23.1 Å². The number of ether oxygens (including phenoxy) is 1. The third-order valence-corrected chi connectivity index (χ3v) is 4.46. The smallest absolute Gasteiger partial charge is 0.422 e. The highest BCUT2D eigenvalue weighted by Gasteiger charge is 2.43. The first-order valence-corrected chi connectivity index (χ1v) is 7.89. The summed E-state index contributed by atoms with van der Waals surface area (Å²) in [5.41, 5.74) is 0.206. The van der Waals surface area contributed by atoms with Gasteiger partial charge in [-0.1, -0.05) is 12.1 Å². The van der Waals surface area contributed by atoms with E-state index >= 15 is 0 Å². The Bertz CT molecular complexity index is 594. The molecule has 2 aliphatic rings. The van der Waals surface area contributed by atoms with Crippen LogP contribution in [0.1, 0.15) is 25.7 Å². The zero-order valence-corrected chi connectivity index (χ0v) is 12.9. The lowest BCUT2D eigenvalue weighted by molar-refractivity contribution is -0.153. The van der Waals surface area contributed by atoms with Gasteiger partial charge in [0.25, 0.3) is 0 Å². The number of hydrogen-bond donors (Lipinski definition) is 2. The Hall–Kier alpha value is -1.96. The van der Waals surface area contributed by atoms with Gasteiger partial charge in [0.2, 0.25) is 0 Å². The molecule has 0 unspecified atom stereocenters. The molecule has 24 heavy (non-hydrogen) atoms. The number of aliphatic hydroxyl groups excluding tert-OH is 1. The zero-order valence-electron chi connectivity index (χ0n) is 12.9. The highest BCUT2D eigenvalue weighted by atomic mass is 19.4. The molecule has 8 heteroatoms. The Kier molecular flexibility index (Phi) is 4.58. The predicted octanol–water partition coefficient (Wildman–Crippen LogP) is 3.15. The number of aliphatic hydroxyl groups is 1. The Morgan fingerprint density at radius 3 is 2.50 bits per heavy atom. The average molecular weight is 344 g/mol. The maximum absolute atomic E-state index is 12.5. The van der Waals surface area contributed by atoms with Crippen LogP contribution in [0.5, 0.6) is 5.75 Å². The summed E-state index contributed by atoms with van der Waals surface area (Å²) >= 11 is 0. The molecule has 2 amide bonds. The van der Waals surface area contributed by atoms with E-state index in [0.717, 1.165) is 12.8 Å². The number of benzene rings is 1. The van der Waals surface area contributed by atoms with Crippen molar-refractivity contribution in [3.05, 3.63) is 24.3 Å². The Balaban J connectivity index is 1.69. The van der Waals surface area contributed by atoms with Gasteiger partial charge in [0.05, 0.1) is 11.8 Å². The predicted molar refractivity (Wildman–Crippen MR) is 80.9 cm³/mol. The fourth-order valence-corrected chi connectivity index (χ4v) is 3.52. The number of fused-ring (bicyclic) bond motifs is 2. The molecule has 2 heterocycles. The maximum Gasteiger partial charge on any atom is 0.422 e. The van der Waals surface area contributed by atoms with Crippen LogP contribution in [-0.2, 0) is 0 Å². The van der Waals surface area contributed by atoms with Crippen molar-refractivity contribution >= 4 is 11.7 Å². The highest BCUT2D eigenvalue weighted by Crippen LogP contribution is 2.36. The van der Waals surface area contributed by atoms with Crippen LogP contribution in [0.25, 0.3) is 0 Å². The second-order valence-electron chi connectivity index (χ2n) is 6.25. The number of amides is 2. The van der Waals surface area contributed by atoms with Crippen molar-refractivity contribution in [3.8, 4) is 5.75 Å². The Morgan fingerprint density at radius 2 is 1.88 bits per heavy atom. The first-order valence-electron chi connectivity index (χ1n) is 7.89. The molecule has 0 spiro atoms. The van der Waals surface area contributed by atoms with Gasteiger partial charge in [0, 0.05) is 12.1 Å². The molecule has 132 valence electrons. The summed E-state index contributed by atoms with van der Waals surface area (Å²) < 4.78 is 41.8. The van der Waals surface area contributed by atoms with Gasteiger partial charge < -0.3 is 20.1 Å². The van der Waals surface area contributed by atoms with E-state index in [1.54, 1.807) is 17.0 Å². The molecule has 2 bridgehead atoms. The molecule has 0 aliphatic carbocycles. The van der Waals surface area contributed by atoms with E-state index in [-0.39, 0.29) is 29.6 Å². The molecule has 0 radical (unpaired) electrons. The van der Waals surface area contributed by atoms with Gasteiger partial charge in [0.15, 0.2) is 6.61 Å². The van der Waals surface area contributed by atoms with E-state index in [2.05, 4.69) is 5.32 Å². The van der Waals surface area contributed by atoms with Crippen LogP contribution in [0.15, 0.2) is 24.3 Å². The van der Waals surface area contributed by atoms with Crippen molar-refractivity contribution in [3.63, 3.8) is 0 Å². The van der Waals surface area contributed by atoms with Gasteiger partial charge in [-0.25, -0.2) is 4.79 Å². The Labute approximate surface area is 137 Å². The average Bonchev–Trinajstić information content (AvgIpc) is 2.78. The number of nitrogens with one attached hydrogen (secondary N) is 1. The van der Waals surface area contributed by atoms with Gasteiger partial charge in [-0.05, 0) is 37.8 Å². The van der Waals surface area contributed by atoms with Gasteiger partial charge in [-0.2, -0.15) is 13.2 Å². The lowest BCUT2D eigenvalue weighted by Gasteiger charge is -2.37. The minimum Gasteiger partial charge on any atom is -0.482 e. The molecule has 2 atom stereocenters. The second-order valence-corrected chi connectivity index (χ2v) is 6.25. The SMILES string of the molecule is O=C(Nc1ccccc1OCC(F)(F)F)N1[C@H]2CC[C@H]1CC(O)C2. The van der Waals surface area contributed by atoms with E-state index in [1.807, 2.05) is 0 Å². The monoisotopic (exact) mass is 344 g/mol. The van der Waals surface area contributed by atoms with Crippen molar-refractivity contribution in [2.24, 2.45) is 0 Å². The molecule has 1 aromatic carbocycles. The standard InChI is InChI=1S/C16H19F3N2O3/c17-16(18,19)9-24-14-4-2-1-3-13(14)20-15(23)21-10-5-6-11(21)8-12(22)7-10/h1-4,10-12,22H,5-9H2,(H,20,23)/t10-,11-/m0/s1. The third-order valence-electron chi connectivity index (χ3n) is 4.46. The highest BCUT2D eigenvalue weighted by molar-refractivity contribution is 5.91. The van der Waals surface area contributed by atoms with Crippen molar-refractivity contribution in [2.45, 2.75) is 50.0 Å². The second kappa shape index (κ2) is 6.51. The molecule has 0 saturated carbocycles. The number of nitrogens with zero attached hydrogens (tertiary/aromatic N) is 1. The summed E-state index contributed by atoms with van der Waals surface area (Å²) in [6.45, 7) is -1.42. The number of carbonyl (C=O) groups excluding carboxylic acids is 1. The summed E-state index contributed by atoms with van der Waals surface area (Å²) in [5.74, 6) is -0.0208. The first kappa shape index (κ1) is 16.9. The number of para-hydroxylation sites is 2. The first-order chi connectivity index (χ1) is 11.3. The normalized spacial score (nSPS) is 26.3. The van der Waals surface area contributed by atoms with Crippen LogP contribution in [-0.4, -0.2) is 47.0 Å². The zero-order chi connectivity index (χ0) is 17.3. The molecule has 5 nitrogen and oxygen atoms in total. The summed E-state index contributed by atoms with van der Waals surface area (Å²) in [6.07, 6.45) is -2.09. The van der Waals surface area contributed by atoms with Gasteiger partial charge in [-0.15, -0.1) is 0 Å². The number of carbonyl (C=O) groups is 1. The molecule has 2 saturated heterocycles. The maximum atomic E-state index is 12.5. The number of urea groups is 1. The van der Waals surface area contributed by atoms with Crippen molar-refractivity contribution < 1.29 is 27.8 Å². The van der Waals surface area contributed by atoms with E-state index in [1.165, 1.54) is 12.1 Å². The van der Waals surface area contributed by atoms with Crippen LogP contribution in [0.3, 0.4) is 0 Å². The lowest BCUT2D eigenvalue weighted by Crippen LogP contribution is -2.49. The molecular formula is C16H19F3N2O3. The fraction of sp³-hybridized carbons (Fsp3) is 0.562. The summed E-state index contributed by atoms with van der Waals surface area (Å²) in [5, 5.41) is 12.4. The van der Waals surface area contributed by atoms with Gasteiger partial charge >= 0.3 is 12.2 Å². The number of alkyl halides is 3. The third kappa shape index (κ3) is 3.75. The van der Waals surface area contributed by atoms with Crippen LogP contribution in [0, 0.1) is 0 Å². The minimum absolute atomic E-state index is 0.0208. The molecule has 1 aromatic rings. The molecule has 0 aromatic heterocycles. The topological polar surface area (TPSA) is 61.8 Å². The van der Waals surface area contributed by atoms with Gasteiger partial charge in [0.1, 0.15) is 5.75 Å². The van der Waals surface area contributed by atoms with Crippen molar-refractivity contribution in [1.29, 1.82) is 0 Å². The quantitative estimate of drug-likeness (QED) is 0.885. The Morgan fingerprint density at radius 1 is 1.25 bits per heavy atom. The fourth-order valence-electron chi connectivity index (χ4n) is 3.52. The molecule has 2 N–H and O–H groups in total. The minimum atomic E-state index is -4.45. The van der Waals surface area contributed by atoms with Crippen LogP contribution < -0.4 is 10.1 Å². The van der Waals surface area contributed by atoms with Crippen LogP contribution in [0.4, 0.5) is 23.7 Å². The lowest BCUT2D eigenvalue weighted by atomic mass is 10.0. The molecule has 3 rings (SSSR count). The van der Waals surface area contributed by atoms with Crippen LogP contribution >= 0.6 is 0 Å². The summed E-state index contributed by atoms with van der Waals surface area (Å²) in [4.78, 5) is 14.2. The molecular weight excluding hydrogens is 325 g/mol. The van der Waals surface area contributed by atoms with E-state index < -0.39 is 18.9 Å². The van der Waals surface area contributed by atoms with E-state index in [4.69, 9.17) is 4.74 Å². The van der Waals surface area contributed by atoms with E-state index in [0.29, 0.717) is 12.8 Å². The summed E-state index contributed by atoms with van der Waals surface area (Å²) in [7, 11) is 0. The number of piperidine rings is 1. The van der Waals surface area contributed by atoms with Gasteiger partial charge in [-0.3, -0.25) is 0 Å². The number of hydrogen-bond acceptors (Lipinski definition) is 3. The van der Waals surface area contributed by atoms with Crippen LogP contribution in [0.2, 0.25) is 0 Å². The largest absolute Gasteiger partial charge is 0.482 e. The molecule has 2 aliphatic heterocycles. The van der Waals surface area contributed by atoms with Crippen molar-refractivity contribution in [1.82, 2.24) is 4.90 Å². The number of halogens is 3. The number of rotatable bonds is 3. The van der Waals surface area contributed by atoms with Crippen molar-refractivity contribution in [2.75, 3.05) is 11.9 Å².